The summed E-state index contributed by atoms with van der Waals surface area (Å²) in [6.45, 7) is -0.0456. The average molecular weight is 312 g/mol. The maximum atomic E-state index is 13.2. The second kappa shape index (κ2) is 5.79. The van der Waals surface area contributed by atoms with Gasteiger partial charge in [0.15, 0.2) is 0 Å². The number of hydrogen-bond donors (Lipinski definition) is 1. The fourth-order valence-corrected chi connectivity index (χ4v) is 3.16. The molecule has 2 rings (SSSR count). The molecule has 0 heterocycles. The number of benzene rings is 2. The fraction of sp³-hybridized carbons (Fsp3) is 0.143. The monoisotopic (exact) mass is 312 g/mol. The highest BCUT2D eigenvalue weighted by molar-refractivity contribution is 7.89. The minimum atomic E-state index is -3.96. The molecule has 0 aromatic heterocycles. The molecule has 112 valence electrons. The molecule has 2 aromatic rings. The first-order valence-corrected chi connectivity index (χ1v) is 7.50. The summed E-state index contributed by atoms with van der Waals surface area (Å²) in [4.78, 5) is -0.304. The summed E-state index contributed by atoms with van der Waals surface area (Å²) in [5, 5.41) is 0. The lowest BCUT2D eigenvalue weighted by molar-refractivity contribution is 0.465. The lowest BCUT2D eigenvalue weighted by Crippen LogP contribution is -2.27. The fourth-order valence-electron chi connectivity index (χ4n) is 1.88. The highest BCUT2D eigenvalue weighted by atomic mass is 32.2. The molecule has 0 amide bonds. The Hall–Kier alpha value is -1.99. The molecule has 0 radical (unpaired) electrons. The van der Waals surface area contributed by atoms with E-state index in [-0.39, 0.29) is 17.1 Å². The van der Waals surface area contributed by atoms with Crippen molar-refractivity contribution in [2.75, 3.05) is 12.8 Å². The van der Waals surface area contributed by atoms with Crippen molar-refractivity contribution >= 4 is 15.7 Å². The van der Waals surface area contributed by atoms with Gasteiger partial charge in [-0.05, 0) is 35.9 Å². The van der Waals surface area contributed by atoms with Crippen LogP contribution in [0.25, 0.3) is 0 Å². The van der Waals surface area contributed by atoms with Gasteiger partial charge in [-0.15, -0.1) is 0 Å². The molecule has 0 aliphatic carbocycles. The quantitative estimate of drug-likeness (QED) is 0.882. The van der Waals surface area contributed by atoms with Crippen LogP contribution in [0.2, 0.25) is 0 Å². The number of sulfonamides is 1. The zero-order chi connectivity index (χ0) is 15.6. The predicted molar refractivity (Wildman–Crippen MR) is 75.9 cm³/mol. The molecule has 21 heavy (non-hydrogen) atoms. The van der Waals surface area contributed by atoms with E-state index >= 15 is 0 Å². The largest absolute Gasteiger partial charge is 0.398 e. The zero-order valence-corrected chi connectivity index (χ0v) is 12.1. The third kappa shape index (κ3) is 3.37. The highest BCUT2D eigenvalue weighted by Crippen LogP contribution is 2.23. The SMILES string of the molecule is CN(Cc1cccc(F)c1)S(=O)(=O)c1cc(F)ccc1N. The van der Waals surface area contributed by atoms with Crippen molar-refractivity contribution < 1.29 is 17.2 Å². The molecule has 0 fully saturated rings. The van der Waals surface area contributed by atoms with Crippen molar-refractivity contribution in [3.8, 4) is 0 Å². The molecule has 0 unspecified atom stereocenters. The van der Waals surface area contributed by atoms with Crippen molar-refractivity contribution in [1.82, 2.24) is 4.31 Å². The van der Waals surface area contributed by atoms with E-state index in [4.69, 9.17) is 5.73 Å². The first-order valence-electron chi connectivity index (χ1n) is 6.06. The first kappa shape index (κ1) is 15.4. The first-order chi connectivity index (χ1) is 9.80. The number of hydrogen-bond acceptors (Lipinski definition) is 3. The molecule has 0 saturated carbocycles. The van der Waals surface area contributed by atoms with Crippen LogP contribution in [0.3, 0.4) is 0 Å². The lowest BCUT2D eigenvalue weighted by atomic mass is 10.2. The normalized spacial score (nSPS) is 11.8. The van der Waals surface area contributed by atoms with E-state index in [1.54, 1.807) is 6.07 Å². The molecule has 0 saturated heterocycles. The maximum absolute atomic E-state index is 13.2. The van der Waals surface area contributed by atoms with Crippen molar-refractivity contribution in [2.45, 2.75) is 11.4 Å². The molecular formula is C14H14F2N2O2S. The van der Waals surface area contributed by atoms with Crippen molar-refractivity contribution in [3.63, 3.8) is 0 Å². The Labute approximate surface area is 121 Å². The van der Waals surface area contributed by atoms with E-state index in [0.717, 1.165) is 16.4 Å². The zero-order valence-electron chi connectivity index (χ0n) is 11.3. The van der Waals surface area contributed by atoms with Crippen LogP contribution in [0.15, 0.2) is 47.4 Å². The van der Waals surface area contributed by atoms with Crippen LogP contribution in [-0.4, -0.2) is 19.8 Å². The average Bonchev–Trinajstić information content (AvgIpc) is 2.41. The summed E-state index contributed by atoms with van der Waals surface area (Å²) < 4.78 is 52.1. The number of rotatable bonds is 4. The van der Waals surface area contributed by atoms with Gasteiger partial charge in [-0.3, -0.25) is 0 Å². The molecule has 2 N–H and O–H groups in total. The molecule has 2 aromatic carbocycles. The van der Waals surface area contributed by atoms with Gasteiger partial charge in [0.1, 0.15) is 16.5 Å². The molecule has 0 spiro atoms. The Morgan fingerprint density at radius 2 is 1.76 bits per heavy atom. The van der Waals surface area contributed by atoms with E-state index in [1.165, 1.54) is 31.3 Å². The van der Waals surface area contributed by atoms with Crippen molar-refractivity contribution in [1.29, 1.82) is 0 Å². The smallest absolute Gasteiger partial charge is 0.245 e. The van der Waals surface area contributed by atoms with Crippen molar-refractivity contribution in [3.05, 3.63) is 59.7 Å². The molecule has 0 bridgehead atoms. The van der Waals surface area contributed by atoms with E-state index in [1.807, 2.05) is 0 Å². The van der Waals surface area contributed by atoms with Crippen LogP contribution >= 0.6 is 0 Å². The second-order valence-corrected chi connectivity index (χ2v) is 6.59. The van der Waals surface area contributed by atoms with Crippen LogP contribution in [0.1, 0.15) is 5.56 Å². The minimum Gasteiger partial charge on any atom is -0.398 e. The van der Waals surface area contributed by atoms with Gasteiger partial charge in [0.05, 0.1) is 5.69 Å². The van der Waals surface area contributed by atoms with Gasteiger partial charge < -0.3 is 5.73 Å². The number of nitrogen functional groups attached to an aromatic ring is 1. The molecule has 0 aliphatic rings. The number of nitrogens with zero attached hydrogens (tertiary/aromatic N) is 1. The molecule has 0 atom stereocenters. The van der Waals surface area contributed by atoms with E-state index in [2.05, 4.69) is 0 Å². The van der Waals surface area contributed by atoms with Gasteiger partial charge in [-0.25, -0.2) is 17.2 Å². The Morgan fingerprint density at radius 3 is 2.43 bits per heavy atom. The minimum absolute atomic E-state index is 0.0394. The van der Waals surface area contributed by atoms with Gasteiger partial charge in [-0.2, -0.15) is 4.31 Å². The van der Waals surface area contributed by atoms with E-state index in [9.17, 15) is 17.2 Å². The van der Waals surface area contributed by atoms with Gasteiger partial charge in [-0.1, -0.05) is 12.1 Å². The number of nitrogens with two attached hydrogens (primary N) is 1. The lowest BCUT2D eigenvalue weighted by Gasteiger charge is -2.18. The summed E-state index contributed by atoms with van der Waals surface area (Å²) in [5.41, 5.74) is 6.04. The topological polar surface area (TPSA) is 63.4 Å². The van der Waals surface area contributed by atoms with Gasteiger partial charge in [0.25, 0.3) is 0 Å². The van der Waals surface area contributed by atoms with Gasteiger partial charge in [0.2, 0.25) is 10.0 Å². The third-order valence-electron chi connectivity index (χ3n) is 2.96. The summed E-state index contributed by atoms with van der Waals surface area (Å²) >= 11 is 0. The molecule has 7 heteroatoms. The van der Waals surface area contributed by atoms with E-state index < -0.39 is 21.7 Å². The van der Waals surface area contributed by atoms with Gasteiger partial charge in [0, 0.05) is 13.6 Å². The second-order valence-electron chi connectivity index (χ2n) is 4.57. The summed E-state index contributed by atoms with van der Waals surface area (Å²) in [6.07, 6.45) is 0. The van der Waals surface area contributed by atoms with Crippen molar-refractivity contribution in [2.24, 2.45) is 0 Å². The van der Waals surface area contributed by atoms with Gasteiger partial charge >= 0.3 is 0 Å². The molecular weight excluding hydrogens is 298 g/mol. The third-order valence-corrected chi connectivity index (χ3v) is 4.82. The van der Waals surface area contributed by atoms with Crippen LogP contribution in [0.5, 0.6) is 0 Å². The standard InChI is InChI=1S/C14H14F2N2O2S/c1-18(9-10-3-2-4-11(15)7-10)21(19,20)14-8-12(16)5-6-13(14)17/h2-8H,9,17H2,1H3. The Kier molecular flexibility index (Phi) is 4.24. The highest BCUT2D eigenvalue weighted by Gasteiger charge is 2.24. The van der Waals surface area contributed by atoms with Crippen LogP contribution in [-0.2, 0) is 16.6 Å². The Balaban J connectivity index is 2.33. The summed E-state index contributed by atoms with van der Waals surface area (Å²) in [7, 11) is -2.63. The molecule has 4 nitrogen and oxygen atoms in total. The number of halogens is 2. The van der Waals surface area contributed by atoms with Crippen LogP contribution < -0.4 is 5.73 Å². The van der Waals surface area contributed by atoms with Crippen LogP contribution in [0.4, 0.5) is 14.5 Å². The summed E-state index contributed by atoms with van der Waals surface area (Å²) in [5.74, 6) is -1.15. The Bertz CT molecular complexity index is 763. The van der Waals surface area contributed by atoms with E-state index in [0.29, 0.717) is 5.56 Å². The predicted octanol–water partition coefficient (Wildman–Crippen LogP) is 2.37. The number of anilines is 1. The maximum Gasteiger partial charge on any atom is 0.245 e. The summed E-state index contributed by atoms with van der Waals surface area (Å²) in [6, 6.07) is 8.74. The van der Waals surface area contributed by atoms with Crippen LogP contribution in [0, 0.1) is 11.6 Å². The molecule has 0 aliphatic heterocycles. The Morgan fingerprint density at radius 1 is 1.10 bits per heavy atom.